The number of halogens is 1. The summed E-state index contributed by atoms with van der Waals surface area (Å²) < 4.78 is 40.9. The van der Waals surface area contributed by atoms with Gasteiger partial charge in [-0.15, -0.1) is 0 Å². The lowest BCUT2D eigenvalue weighted by Gasteiger charge is -2.42. The Balaban J connectivity index is 1.59. The molecule has 4 rings (SSSR count). The average molecular weight is 389 g/mol. The van der Waals surface area contributed by atoms with Gasteiger partial charge in [0.2, 0.25) is 15.9 Å². The summed E-state index contributed by atoms with van der Waals surface area (Å²) in [5, 5.41) is 2.88. The van der Waals surface area contributed by atoms with E-state index in [4.69, 9.17) is 0 Å². The highest BCUT2D eigenvalue weighted by molar-refractivity contribution is 7.89. The van der Waals surface area contributed by atoms with E-state index in [0.717, 1.165) is 11.8 Å². The van der Waals surface area contributed by atoms with Crippen LogP contribution in [0.3, 0.4) is 0 Å². The molecule has 0 aromatic heterocycles. The Morgan fingerprint density at radius 3 is 2.26 bits per heavy atom. The number of nitrogens with zero attached hydrogens (tertiary/aromatic N) is 2. The molecule has 142 valence electrons. The lowest BCUT2D eigenvalue weighted by molar-refractivity contribution is -0.124. The minimum absolute atomic E-state index is 0.0886. The number of anilines is 1. The number of carbonyl (C=O) groups is 1. The predicted molar refractivity (Wildman–Crippen MR) is 99.1 cm³/mol. The molecule has 8 heteroatoms. The van der Waals surface area contributed by atoms with Crippen molar-refractivity contribution < 1.29 is 17.6 Å². The van der Waals surface area contributed by atoms with Crippen LogP contribution in [0.25, 0.3) is 0 Å². The van der Waals surface area contributed by atoms with Crippen molar-refractivity contribution in [1.29, 1.82) is 0 Å². The Hall–Kier alpha value is -2.45. The molecule has 0 bridgehead atoms. The van der Waals surface area contributed by atoms with Gasteiger partial charge in [0.1, 0.15) is 16.3 Å². The molecule has 27 heavy (non-hydrogen) atoms. The average Bonchev–Trinajstić information content (AvgIpc) is 2.99. The van der Waals surface area contributed by atoms with Crippen LogP contribution in [0.5, 0.6) is 0 Å². The Morgan fingerprint density at radius 1 is 0.963 bits per heavy atom. The molecule has 6 nitrogen and oxygen atoms in total. The van der Waals surface area contributed by atoms with Gasteiger partial charge in [0.15, 0.2) is 0 Å². The summed E-state index contributed by atoms with van der Waals surface area (Å²) in [5.41, 5.74) is 0.143. The topological polar surface area (TPSA) is 69.7 Å². The molecular formula is C19H20FN3O3S. The van der Waals surface area contributed by atoms with Crippen LogP contribution in [0.4, 0.5) is 10.1 Å². The van der Waals surface area contributed by atoms with Gasteiger partial charge < -0.3 is 10.2 Å². The van der Waals surface area contributed by atoms with E-state index < -0.39 is 21.4 Å². The maximum absolute atomic E-state index is 14.0. The molecule has 2 saturated heterocycles. The molecule has 2 fully saturated rings. The van der Waals surface area contributed by atoms with Crippen LogP contribution >= 0.6 is 0 Å². The van der Waals surface area contributed by atoms with Gasteiger partial charge in [-0.1, -0.05) is 30.3 Å². The lowest BCUT2D eigenvalue weighted by atomic mass is 9.86. The molecule has 0 radical (unpaired) electrons. The van der Waals surface area contributed by atoms with E-state index in [1.54, 1.807) is 0 Å². The maximum atomic E-state index is 14.0. The fraction of sp³-hybridized carbons (Fsp3) is 0.316. The number of benzene rings is 2. The molecule has 0 atom stereocenters. The second-order valence-electron chi connectivity index (χ2n) is 6.79. The molecule has 0 unspecified atom stereocenters. The van der Waals surface area contributed by atoms with Crippen molar-refractivity contribution in [2.24, 2.45) is 0 Å². The highest BCUT2D eigenvalue weighted by Crippen LogP contribution is 2.37. The van der Waals surface area contributed by atoms with Gasteiger partial charge in [-0.3, -0.25) is 4.79 Å². The second-order valence-corrected chi connectivity index (χ2v) is 8.70. The Labute approximate surface area is 157 Å². The van der Waals surface area contributed by atoms with E-state index in [1.165, 1.54) is 22.5 Å². The largest absolute Gasteiger partial charge is 0.339 e. The van der Waals surface area contributed by atoms with E-state index in [0.29, 0.717) is 19.5 Å². The number of nitrogens with one attached hydrogen (secondary N) is 1. The first-order valence-corrected chi connectivity index (χ1v) is 10.2. The summed E-state index contributed by atoms with van der Waals surface area (Å²) in [6, 6.07) is 15.0. The normalized spacial score (nSPS) is 20.0. The Morgan fingerprint density at radius 2 is 1.59 bits per heavy atom. The Bertz CT molecular complexity index is 957. The number of piperidine rings is 1. The van der Waals surface area contributed by atoms with Gasteiger partial charge in [-0.05, 0) is 37.1 Å². The predicted octanol–water partition coefficient (Wildman–Crippen LogP) is 1.94. The smallest absolute Gasteiger partial charge is 0.247 e. The zero-order chi connectivity index (χ0) is 19.1. The van der Waals surface area contributed by atoms with E-state index in [2.05, 4.69) is 5.32 Å². The standard InChI is InChI=1S/C19H20FN3O3S/c20-16-8-4-5-9-17(16)27(25,26)22-12-10-19(11-13-22)18(24)21-14-23(19)15-6-2-1-3-7-15/h1-9H,10-14H2,(H,21,24). The van der Waals surface area contributed by atoms with Gasteiger partial charge in [0.25, 0.3) is 0 Å². The monoisotopic (exact) mass is 389 g/mol. The molecule has 2 aromatic carbocycles. The molecule has 1 N–H and O–H groups in total. The number of hydrogen-bond donors (Lipinski definition) is 1. The number of sulfonamides is 1. The van der Waals surface area contributed by atoms with Crippen molar-refractivity contribution in [3.8, 4) is 0 Å². The second kappa shape index (κ2) is 6.61. The van der Waals surface area contributed by atoms with Gasteiger partial charge in [0.05, 0.1) is 6.67 Å². The van der Waals surface area contributed by atoms with Crippen molar-refractivity contribution >= 4 is 21.6 Å². The molecule has 2 aliphatic rings. The fourth-order valence-corrected chi connectivity index (χ4v) is 5.43. The quantitative estimate of drug-likeness (QED) is 0.871. The van der Waals surface area contributed by atoms with Crippen LogP contribution in [-0.2, 0) is 14.8 Å². The van der Waals surface area contributed by atoms with Gasteiger partial charge in [-0.2, -0.15) is 4.31 Å². The zero-order valence-electron chi connectivity index (χ0n) is 14.6. The molecule has 2 aliphatic heterocycles. The SMILES string of the molecule is O=C1NCN(c2ccccc2)C12CCN(S(=O)(=O)c1ccccc1F)CC2. The Kier molecular flexibility index (Phi) is 4.39. The molecule has 0 aliphatic carbocycles. The summed E-state index contributed by atoms with van der Waals surface area (Å²) in [5.74, 6) is -0.850. The van der Waals surface area contributed by atoms with Crippen molar-refractivity contribution in [1.82, 2.24) is 9.62 Å². The molecule has 2 aromatic rings. The summed E-state index contributed by atoms with van der Waals surface area (Å²) >= 11 is 0. The van der Waals surface area contributed by atoms with Crippen LogP contribution in [-0.4, -0.2) is 43.9 Å². The fourth-order valence-electron chi connectivity index (χ4n) is 3.92. The van der Waals surface area contributed by atoms with Crippen LogP contribution < -0.4 is 10.2 Å². The zero-order valence-corrected chi connectivity index (χ0v) is 15.5. The minimum atomic E-state index is -3.93. The summed E-state index contributed by atoms with van der Waals surface area (Å²) in [7, 11) is -3.93. The summed E-state index contributed by atoms with van der Waals surface area (Å²) in [6.45, 7) is 0.712. The number of rotatable bonds is 3. The third kappa shape index (κ3) is 2.89. The van der Waals surface area contributed by atoms with Gasteiger partial charge >= 0.3 is 0 Å². The summed E-state index contributed by atoms with van der Waals surface area (Å²) in [4.78, 5) is 14.3. The first-order valence-electron chi connectivity index (χ1n) is 8.81. The van der Waals surface area contributed by atoms with E-state index in [1.807, 2.05) is 35.2 Å². The highest BCUT2D eigenvalue weighted by Gasteiger charge is 2.51. The highest BCUT2D eigenvalue weighted by atomic mass is 32.2. The third-order valence-corrected chi connectivity index (χ3v) is 7.34. The van der Waals surface area contributed by atoms with Crippen molar-refractivity contribution in [2.75, 3.05) is 24.7 Å². The first-order chi connectivity index (χ1) is 12.9. The first kappa shape index (κ1) is 17.9. The van der Waals surface area contributed by atoms with Gasteiger partial charge in [-0.25, -0.2) is 12.8 Å². The number of para-hydroxylation sites is 1. The van der Waals surface area contributed by atoms with Crippen molar-refractivity contribution in [3.05, 3.63) is 60.4 Å². The number of carbonyl (C=O) groups excluding carboxylic acids is 1. The molecule has 1 spiro atoms. The van der Waals surface area contributed by atoms with E-state index in [-0.39, 0.29) is 23.9 Å². The van der Waals surface area contributed by atoms with E-state index >= 15 is 0 Å². The molecule has 2 heterocycles. The molecule has 1 amide bonds. The van der Waals surface area contributed by atoms with Crippen LogP contribution in [0.2, 0.25) is 0 Å². The van der Waals surface area contributed by atoms with E-state index in [9.17, 15) is 17.6 Å². The van der Waals surface area contributed by atoms with Crippen LogP contribution in [0.15, 0.2) is 59.5 Å². The van der Waals surface area contributed by atoms with Gasteiger partial charge in [0, 0.05) is 18.8 Å². The minimum Gasteiger partial charge on any atom is -0.339 e. The third-order valence-electron chi connectivity index (χ3n) is 5.41. The lowest BCUT2D eigenvalue weighted by Crippen LogP contribution is -2.57. The maximum Gasteiger partial charge on any atom is 0.247 e. The van der Waals surface area contributed by atoms with Crippen LogP contribution in [0, 0.1) is 5.82 Å². The van der Waals surface area contributed by atoms with Crippen LogP contribution in [0.1, 0.15) is 12.8 Å². The summed E-state index contributed by atoms with van der Waals surface area (Å²) in [6.07, 6.45) is 0.697. The molecule has 0 saturated carbocycles. The number of amides is 1. The number of hydrogen-bond acceptors (Lipinski definition) is 4. The molecular weight excluding hydrogens is 369 g/mol. The van der Waals surface area contributed by atoms with Crippen molar-refractivity contribution in [3.63, 3.8) is 0 Å². The van der Waals surface area contributed by atoms with Crippen molar-refractivity contribution in [2.45, 2.75) is 23.3 Å².